The molecule has 1 saturated carbocycles. The Morgan fingerprint density at radius 1 is 1.29 bits per heavy atom. The molecule has 1 saturated heterocycles. The Morgan fingerprint density at radius 3 is 2.92 bits per heavy atom. The van der Waals surface area contributed by atoms with Crippen LogP contribution in [0.5, 0.6) is 0 Å². The largest absolute Gasteiger partial charge is 0.358 e. The molecular formula is C18H20ClN3O2. The van der Waals surface area contributed by atoms with Crippen LogP contribution in [0.25, 0.3) is 10.9 Å². The van der Waals surface area contributed by atoms with Gasteiger partial charge < -0.3 is 15.2 Å². The Hall–Kier alpha value is -2.01. The van der Waals surface area contributed by atoms with Crippen LogP contribution in [0.2, 0.25) is 5.02 Å². The van der Waals surface area contributed by atoms with Crippen LogP contribution in [0.15, 0.2) is 18.2 Å². The third-order valence-corrected chi connectivity index (χ3v) is 5.45. The van der Waals surface area contributed by atoms with Crippen molar-refractivity contribution in [3.8, 4) is 0 Å². The van der Waals surface area contributed by atoms with Gasteiger partial charge in [-0.05, 0) is 38.0 Å². The SMILES string of the molecule is Cc1[nH]c2ccc(Cl)cc2c1C(=O)N1CC(=O)NC2CCCCC21. The van der Waals surface area contributed by atoms with Gasteiger partial charge in [0.05, 0.1) is 11.6 Å². The summed E-state index contributed by atoms with van der Waals surface area (Å²) in [5.41, 5.74) is 2.34. The molecule has 2 unspecified atom stereocenters. The van der Waals surface area contributed by atoms with E-state index in [4.69, 9.17) is 11.6 Å². The highest BCUT2D eigenvalue weighted by molar-refractivity contribution is 6.31. The maximum atomic E-state index is 13.3. The van der Waals surface area contributed by atoms with E-state index in [-0.39, 0.29) is 30.4 Å². The lowest BCUT2D eigenvalue weighted by Gasteiger charge is -2.44. The number of aryl methyl sites for hydroxylation is 1. The van der Waals surface area contributed by atoms with Crippen molar-refractivity contribution in [2.75, 3.05) is 6.54 Å². The summed E-state index contributed by atoms with van der Waals surface area (Å²) >= 11 is 6.12. The highest BCUT2D eigenvalue weighted by Gasteiger charge is 2.39. The fourth-order valence-corrected chi connectivity index (χ4v) is 4.29. The molecule has 0 bridgehead atoms. The minimum atomic E-state index is -0.0761. The molecule has 1 aliphatic carbocycles. The van der Waals surface area contributed by atoms with E-state index >= 15 is 0 Å². The van der Waals surface area contributed by atoms with Gasteiger partial charge in [-0.25, -0.2) is 0 Å². The average Bonchev–Trinajstić information content (AvgIpc) is 2.88. The highest BCUT2D eigenvalue weighted by Crippen LogP contribution is 2.31. The van der Waals surface area contributed by atoms with Gasteiger partial charge in [-0.1, -0.05) is 24.4 Å². The summed E-state index contributed by atoms with van der Waals surface area (Å²) in [6, 6.07) is 5.68. The quantitative estimate of drug-likeness (QED) is 0.834. The lowest BCUT2D eigenvalue weighted by molar-refractivity contribution is -0.127. The van der Waals surface area contributed by atoms with Crippen LogP contribution in [0.4, 0.5) is 0 Å². The number of benzene rings is 1. The van der Waals surface area contributed by atoms with Crippen molar-refractivity contribution >= 4 is 34.3 Å². The van der Waals surface area contributed by atoms with E-state index in [2.05, 4.69) is 10.3 Å². The van der Waals surface area contributed by atoms with Crippen LogP contribution in [-0.2, 0) is 4.79 Å². The maximum absolute atomic E-state index is 13.3. The molecule has 6 heteroatoms. The Kier molecular flexibility index (Phi) is 3.76. The Morgan fingerprint density at radius 2 is 2.08 bits per heavy atom. The van der Waals surface area contributed by atoms with E-state index < -0.39 is 0 Å². The van der Waals surface area contributed by atoms with Crippen molar-refractivity contribution in [1.82, 2.24) is 15.2 Å². The van der Waals surface area contributed by atoms with E-state index in [1.54, 1.807) is 11.0 Å². The summed E-state index contributed by atoms with van der Waals surface area (Å²) in [5.74, 6) is -0.144. The third-order valence-electron chi connectivity index (χ3n) is 5.21. The van der Waals surface area contributed by atoms with E-state index in [0.29, 0.717) is 10.6 Å². The van der Waals surface area contributed by atoms with Crippen LogP contribution < -0.4 is 5.32 Å². The predicted octanol–water partition coefficient (Wildman–Crippen LogP) is 3.01. The van der Waals surface area contributed by atoms with Crippen molar-refractivity contribution in [3.63, 3.8) is 0 Å². The fraction of sp³-hybridized carbons (Fsp3) is 0.444. The molecule has 5 nitrogen and oxygen atoms in total. The lowest BCUT2D eigenvalue weighted by atomic mass is 9.87. The van der Waals surface area contributed by atoms with Crippen molar-refractivity contribution in [2.45, 2.75) is 44.7 Å². The monoisotopic (exact) mass is 345 g/mol. The number of aromatic nitrogens is 1. The number of fused-ring (bicyclic) bond motifs is 2. The molecule has 2 amide bonds. The average molecular weight is 346 g/mol. The summed E-state index contributed by atoms with van der Waals surface area (Å²) in [5, 5.41) is 4.47. The highest BCUT2D eigenvalue weighted by atomic mass is 35.5. The minimum absolute atomic E-state index is 0.0676. The number of nitrogens with zero attached hydrogens (tertiary/aromatic N) is 1. The Balaban J connectivity index is 1.76. The second-order valence-corrected chi connectivity index (χ2v) is 7.21. The second-order valence-electron chi connectivity index (χ2n) is 6.77. The van der Waals surface area contributed by atoms with Gasteiger partial charge in [0.1, 0.15) is 6.54 Å². The van der Waals surface area contributed by atoms with Crippen LogP contribution in [-0.4, -0.2) is 40.3 Å². The normalized spacial score (nSPS) is 23.9. The number of halogens is 1. The van der Waals surface area contributed by atoms with E-state index in [9.17, 15) is 9.59 Å². The first-order valence-electron chi connectivity index (χ1n) is 8.43. The second kappa shape index (κ2) is 5.81. The first kappa shape index (κ1) is 15.5. The number of carbonyl (C=O) groups is 2. The van der Waals surface area contributed by atoms with Gasteiger partial charge in [-0.3, -0.25) is 9.59 Å². The number of nitrogens with one attached hydrogen (secondary N) is 2. The predicted molar refractivity (Wildman–Crippen MR) is 93.3 cm³/mol. The molecule has 1 aliphatic heterocycles. The molecule has 4 rings (SSSR count). The van der Waals surface area contributed by atoms with Crippen LogP contribution in [0.1, 0.15) is 41.7 Å². The Labute approximate surface area is 145 Å². The van der Waals surface area contributed by atoms with Crippen molar-refractivity contribution in [1.29, 1.82) is 0 Å². The minimum Gasteiger partial charge on any atom is -0.358 e. The van der Waals surface area contributed by atoms with Crippen LogP contribution in [0, 0.1) is 6.92 Å². The zero-order valence-electron chi connectivity index (χ0n) is 13.6. The number of hydrogen-bond donors (Lipinski definition) is 2. The van der Waals surface area contributed by atoms with Gasteiger partial charge in [-0.2, -0.15) is 0 Å². The van der Waals surface area contributed by atoms with Gasteiger partial charge in [-0.15, -0.1) is 0 Å². The number of aromatic amines is 1. The molecule has 1 aromatic carbocycles. The van der Waals surface area contributed by atoms with Crippen molar-refractivity contribution in [2.24, 2.45) is 0 Å². The maximum Gasteiger partial charge on any atom is 0.257 e. The molecule has 2 aliphatic rings. The molecule has 126 valence electrons. The molecule has 2 fully saturated rings. The van der Waals surface area contributed by atoms with E-state index in [1.165, 1.54) is 0 Å². The molecule has 2 atom stereocenters. The van der Waals surface area contributed by atoms with Gasteiger partial charge in [0.15, 0.2) is 0 Å². The molecule has 0 spiro atoms. The summed E-state index contributed by atoms with van der Waals surface area (Å²) in [6.45, 7) is 2.02. The summed E-state index contributed by atoms with van der Waals surface area (Å²) in [6.07, 6.45) is 4.09. The van der Waals surface area contributed by atoms with E-state index in [1.807, 2.05) is 19.1 Å². The van der Waals surface area contributed by atoms with E-state index in [0.717, 1.165) is 42.3 Å². The van der Waals surface area contributed by atoms with Gasteiger partial charge in [0.25, 0.3) is 5.91 Å². The summed E-state index contributed by atoms with van der Waals surface area (Å²) in [7, 11) is 0. The number of amides is 2. The summed E-state index contributed by atoms with van der Waals surface area (Å²) < 4.78 is 0. The number of piperazine rings is 1. The molecule has 2 aromatic rings. The zero-order chi connectivity index (χ0) is 16.8. The molecular weight excluding hydrogens is 326 g/mol. The number of carbonyl (C=O) groups excluding carboxylic acids is 2. The van der Waals surface area contributed by atoms with Crippen molar-refractivity contribution < 1.29 is 9.59 Å². The van der Waals surface area contributed by atoms with Gasteiger partial charge >= 0.3 is 0 Å². The Bertz CT molecular complexity index is 829. The first-order valence-corrected chi connectivity index (χ1v) is 8.80. The molecule has 0 radical (unpaired) electrons. The topological polar surface area (TPSA) is 65.2 Å². The summed E-state index contributed by atoms with van der Waals surface area (Å²) in [4.78, 5) is 30.4. The standard InChI is InChI=1S/C18H20ClN3O2/c1-10-17(12-8-11(19)6-7-13(12)20-10)18(24)22-9-16(23)21-14-4-2-3-5-15(14)22/h6-8,14-15,20H,2-5,9H2,1H3,(H,21,23). The molecule has 24 heavy (non-hydrogen) atoms. The van der Waals surface area contributed by atoms with Crippen LogP contribution >= 0.6 is 11.6 Å². The number of H-pyrrole nitrogens is 1. The zero-order valence-corrected chi connectivity index (χ0v) is 14.3. The molecule has 2 N–H and O–H groups in total. The first-order chi connectivity index (χ1) is 11.5. The van der Waals surface area contributed by atoms with Crippen LogP contribution in [0.3, 0.4) is 0 Å². The molecule has 2 heterocycles. The van der Waals surface area contributed by atoms with Gasteiger partial charge in [0.2, 0.25) is 5.91 Å². The third kappa shape index (κ3) is 2.47. The van der Waals surface area contributed by atoms with Crippen molar-refractivity contribution in [3.05, 3.63) is 34.5 Å². The molecule has 1 aromatic heterocycles. The number of hydrogen-bond acceptors (Lipinski definition) is 2. The number of rotatable bonds is 1. The lowest BCUT2D eigenvalue weighted by Crippen LogP contribution is -2.62. The fourth-order valence-electron chi connectivity index (χ4n) is 4.12. The van der Waals surface area contributed by atoms with Gasteiger partial charge in [0, 0.05) is 27.7 Å². The smallest absolute Gasteiger partial charge is 0.257 e.